The second kappa shape index (κ2) is 4.25. The summed E-state index contributed by atoms with van der Waals surface area (Å²) in [4.78, 5) is 29.7. The highest BCUT2D eigenvalue weighted by Gasteiger charge is 2.13. The number of aromatic nitrogens is 2. The SMILES string of the molecule is C/C=C/C(=O)C(=O)c1cnccn1. The maximum Gasteiger partial charge on any atom is 0.252 e. The van der Waals surface area contributed by atoms with Crippen molar-refractivity contribution in [1.29, 1.82) is 0 Å². The number of hydrogen-bond acceptors (Lipinski definition) is 4. The van der Waals surface area contributed by atoms with Crippen molar-refractivity contribution in [1.82, 2.24) is 9.97 Å². The van der Waals surface area contributed by atoms with Gasteiger partial charge in [0.15, 0.2) is 0 Å². The Hall–Kier alpha value is -1.84. The third kappa shape index (κ3) is 2.30. The van der Waals surface area contributed by atoms with Crippen molar-refractivity contribution in [2.24, 2.45) is 0 Å². The van der Waals surface area contributed by atoms with Crippen LogP contribution < -0.4 is 0 Å². The lowest BCUT2D eigenvalue weighted by molar-refractivity contribution is -0.111. The van der Waals surface area contributed by atoms with Crippen LogP contribution in [0.2, 0.25) is 0 Å². The summed E-state index contributed by atoms with van der Waals surface area (Å²) in [7, 11) is 0. The van der Waals surface area contributed by atoms with Gasteiger partial charge < -0.3 is 0 Å². The van der Waals surface area contributed by atoms with Gasteiger partial charge >= 0.3 is 0 Å². The second-order valence-electron chi connectivity index (χ2n) is 2.28. The Morgan fingerprint density at radius 3 is 2.69 bits per heavy atom. The minimum Gasteiger partial charge on any atom is -0.285 e. The van der Waals surface area contributed by atoms with Gasteiger partial charge in [0.25, 0.3) is 5.78 Å². The van der Waals surface area contributed by atoms with Crippen LogP contribution in [-0.4, -0.2) is 21.5 Å². The molecule has 0 aliphatic rings. The predicted octanol–water partition coefficient (Wildman–Crippen LogP) is 0.804. The van der Waals surface area contributed by atoms with Gasteiger partial charge in [-0.05, 0) is 13.0 Å². The van der Waals surface area contributed by atoms with Gasteiger partial charge in [0.1, 0.15) is 5.69 Å². The van der Waals surface area contributed by atoms with Crippen molar-refractivity contribution >= 4 is 11.6 Å². The zero-order valence-corrected chi connectivity index (χ0v) is 7.10. The molecule has 4 nitrogen and oxygen atoms in total. The lowest BCUT2D eigenvalue weighted by Crippen LogP contribution is -2.12. The van der Waals surface area contributed by atoms with E-state index in [-0.39, 0.29) is 5.69 Å². The van der Waals surface area contributed by atoms with Crippen LogP contribution in [0, 0.1) is 0 Å². The average molecular weight is 176 g/mol. The van der Waals surface area contributed by atoms with E-state index in [9.17, 15) is 9.59 Å². The molecule has 0 bridgehead atoms. The first-order valence-electron chi connectivity index (χ1n) is 3.73. The minimum atomic E-state index is -0.633. The van der Waals surface area contributed by atoms with Crippen LogP contribution in [0.1, 0.15) is 17.4 Å². The van der Waals surface area contributed by atoms with E-state index in [0.717, 1.165) is 0 Å². The van der Waals surface area contributed by atoms with Gasteiger partial charge in [0.2, 0.25) is 5.78 Å². The summed E-state index contributed by atoms with van der Waals surface area (Å²) < 4.78 is 0. The quantitative estimate of drug-likeness (QED) is 0.388. The maximum absolute atomic E-state index is 11.2. The van der Waals surface area contributed by atoms with E-state index in [0.29, 0.717) is 0 Å². The smallest absolute Gasteiger partial charge is 0.252 e. The van der Waals surface area contributed by atoms with Crippen molar-refractivity contribution < 1.29 is 9.59 Å². The summed E-state index contributed by atoms with van der Waals surface area (Å²) in [5.41, 5.74) is 0.0746. The number of carbonyl (C=O) groups excluding carboxylic acids is 2. The molecule has 0 aromatic carbocycles. The summed E-state index contributed by atoms with van der Waals surface area (Å²) in [6.45, 7) is 1.67. The molecule has 4 heteroatoms. The molecular formula is C9H8N2O2. The van der Waals surface area contributed by atoms with Gasteiger partial charge in [-0.25, -0.2) is 4.98 Å². The molecule has 0 aliphatic carbocycles. The summed E-state index contributed by atoms with van der Waals surface area (Å²) in [6, 6.07) is 0. The Labute approximate surface area is 75.3 Å². The fourth-order valence-corrected chi connectivity index (χ4v) is 0.770. The van der Waals surface area contributed by atoms with E-state index in [1.807, 2.05) is 0 Å². The predicted molar refractivity (Wildman–Crippen MR) is 46.2 cm³/mol. The summed E-state index contributed by atoms with van der Waals surface area (Å²) in [6.07, 6.45) is 6.80. The van der Waals surface area contributed by atoms with Crippen molar-refractivity contribution in [2.75, 3.05) is 0 Å². The Balaban J connectivity index is 2.86. The molecule has 13 heavy (non-hydrogen) atoms. The van der Waals surface area contributed by atoms with Crippen LogP contribution in [-0.2, 0) is 4.79 Å². The molecule has 66 valence electrons. The molecule has 0 saturated heterocycles. The minimum absolute atomic E-state index is 0.0746. The molecule has 0 unspecified atom stereocenters. The Kier molecular flexibility index (Phi) is 3.03. The molecule has 0 amide bonds. The molecule has 0 radical (unpaired) electrons. The lowest BCUT2D eigenvalue weighted by atomic mass is 10.2. The topological polar surface area (TPSA) is 59.9 Å². The van der Waals surface area contributed by atoms with E-state index in [4.69, 9.17) is 0 Å². The molecule has 1 heterocycles. The van der Waals surface area contributed by atoms with Gasteiger partial charge in [0.05, 0.1) is 6.20 Å². The number of hydrogen-bond donors (Lipinski definition) is 0. The number of rotatable bonds is 3. The molecule has 0 atom stereocenters. The van der Waals surface area contributed by atoms with Gasteiger partial charge in [-0.2, -0.15) is 0 Å². The number of carbonyl (C=O) groups is 2. The molecule has 1 aromatic heterocycles. The van der Waals surface area contributed by atoms with Gasteiger partial charge in [0, 0.05) is 12.4 Å². The third-order valence-corrected chi connectivity index (χ3v) is 1.34. The first-order valence-corrected chi connectivity index (χ1v) is 3.73. The Morgan fingerprint density at radius 2 is 2.15 bits per heavy atom. The van der Waals surface area contributed by atoms with Crippen LogP contribution >= 0.6 is 0 Å². The first kappa shape index (κ1) is 9.25. The molecule has 0 aliphatic heterocycles. The highest BCUT2D eigenvalue weighted by Crippen LogP contribution is 1.94. The number of nitrogens with zero attached hydrogens (tertiary/aromatic N) is 2. The third-order valence-electron chi connectivity index (χ3n) is 1.34. The number of ketones is 2. The molecule has 0 N–H and O–H groups in total. The highest BCUT2D eigenvalue weighted by molar-refractivity contribution is 6.46. The van der Waals surface area contributed by atoms with Crippen LogP contribution in [0.4, 0.5) is 0 Å². The van der Waals surface area contributed by atoms with Gasteiger partial charge in [-0.1, -0.05) is 6.08 Å². The zero-order valence-electron chi connectivity index (χ0n) is 7.10. The number of Topliss-reactive ketones (excluding diaryl/α,β-unsaturated/α-hetero) is 1. The molecule has 0 fully saturated rings. The lowest BCUT2D eigenvalue weighted by Gasteiger charge is -1.92. The maximum atomic E-state index is 11.2. The van der Waals surface area contributed by atoms with Crippen molar-refractivity contribution in [3.05, 3.63) is 36.4 Å². The Bertz CT molecular complexity index is 344. The van der Waals surface area contributed by atoms with Crippen LogP contribution in [0.3, 0.4) is 0 Å². The highest BCUT2D eigenvalue weighted by atomic mass is 16.2. The summed E-state index contributed by atoms with van der Waals surface area (Å²) in [5, 5.41) is 0. The van der Waals surface area contributed by atoms with E-state index >= 15 is 0 Å². The molecular weight excluding hydrogens is 168 g/mol. The zero-order chi connectivity index (χ0) is 9.68. The van der Waals surface area contributed by atoms with Crippen LogP contribution in [0.25, 0.3) is 0 Å². The van der Waals surface area contributed by atoms with E-state index in [2.05, 4.69) is 9.97 Å². The van der Waals surface area contributed by atoms with Crippen LogP contribution in [0.15, 0.2) is 30.7 Å². The summed E-state index contributed by atoms with van der Waals surface area (Å²) in [5.74, 6) is -1.21. The van der Waals surface area contributed by atoms with E-state index in [1.165, 1.54) is 30.7 Å². The van der Waals surface area contributed by atoms with Gasteiger partial charge in [-0.15, -0.1) is 0 Å². The monoisotopic (exact) mass is 176 g/mol. The van der Waals surface area contributed by atoms with Crippen molar-refractivity contribution in [3.8, 4) is 0 Å². The standard InChI is InChI=1S/C9H8N2O2/c1-2-3-8(12)9(13)7-6-10-4-5-11-7/h2-6H,1H3/b3-2+. The fourth-order valence-electron chi connectivity index (χ4n) is 0.770. The van der Waals surface area contributed by atoms with E-state index in [1.54, 1.807) is 6.92 Å². The van der Waals surface area contributed by atoms with Crippen molar-refractivity contribution in [2.45, 2.75) is 6.92 Å². The molecule has 1 rings (SSSR count). The summed E-state index contributed by atoms with van der Waals surface area (Å²) >= 11 is 0. The fraction of sp³-hybridized carbons (Fsp3) is 0.111. The average Bonchev–Trinajstić information content (AvgIpc) is 2.18. The van der Waals surface area contributed by atoms with Crippen molar-refractivity contribution in [3.63, 3.8) is 0 Å². The normalized spacial score (nSPS) is 10.2. The first-order chi connectivity index (χ1) is 6.25. The molecule has 0 saturated carbocycles. The molecule has 1 aromatic rings. The molecule has 0 spiro atoms. The number of allylic oxidation sites excluding steroid dienone is 2. The van der Waals surface area contributed by atoms with Gasteiger partial charge in [-0.3, -0.25) is 14.6 Å². The second-order valence-corrected chi connectivity index (χ2v) is 2.28. The van der Waals surface area contributed by atoms with Crippen LogP contribution in [0.5, 0.6) is 0 Å². The Morgan fingerprint density at radius 1 is 1.38 bits per heavy atom. The largest absolute Gasteiger partial charge is 0.285 e. The van der Waals surface area contributed by atoms with E-state index < -0.39 is 11.6 Å².